The number of rotatable bonds is 6. The Morgan fingerprint density at radius 1 is 1.14 bits per heavy atom. The molecule has 0 spiro atoms. The first-order valence-electron chi connectivity index (χ1n) is 8.23. The summed E-state index contributed by atoms with van der Waals surface area (Å²) in [6.07, 6.45) is 0. The van der Waals surface area contributed by atoms with Crippen molar-refractivity contribution in [2.75, 3.05) is 30.3 Å². The largest absolute Gasteiger partial charge is 0.325 e. The van der Waals surface area contributed by atoms with Gasteiger partial charge in [-0.15, -0.1) is 0 Å². The molecule has 2 aromatic carbocycles. The Morgan fingerprint density at radius 2 is 1.82 bits per heavy atom. The van der Waals surface area contributed by atoms with Crippen molar-refractivity contribution < 1.29 is 13.6 Å². The van der Waals surface area contributed by atoms with Gasteiger partial charge in [0.2, 0.25) is 5.91 Å². The lowest BCUT2D eigenvalue weighted by atomic mass is 10.2. The summed E-state index contributed by atoms with van der Waals surface area (Å²) in [7, 11) is 3.57. The molecular formula is C18H18ClN5O3S. The molecular weight excluding hydrogens is 402 g/mol. The van der Waals surface area contributed by atoms with Crippen LogP contribution in [0.1, 0.15) is 0 Å². The first kappa shape index (κ1) is 20.2. The van der Waals surface area contributed by atoms with Gasteiger partial charge in [0.25, 0.3) is 11.3 Å². The van der Waals surface area contributed by atoms with Crippen LogP contribution < -0.4 is 9.62 Å². The van der Waals surface area contributed by atoms with Crippen LogP contribution in [0, 0.1) is 0 Å². The molecule has 1 aromatic heterocycles. The normalized spacial score (nSPS) is 12.2. The number of aromatic nitrogens is 2. The van der Waals surface area contributed by atoms with Gasteiger partial charge in [-0.1, -0.05) is 29.8 Å². The van der Waals surface area contributed by atoms with Gasteiger partial charge >= 0.3 is 0 Å². The van der Waals surface area contributed by atoms with Crippen molar-refractivity contribution in [1.82, 2.24) is 14.9 Å². The fraction of sp³-hybridized carbons (Fsp3) is 0.167. The number of anilines is 3. The topological polar surface area (TPSA) is 98.7 Å². The second-order valence-corrected chi connectivity index (χ2v) is 7.37. The van der Waals surface area contributed by atoms with Crippen LogP contribution in [-0.2, 0) is 16.1 Å². The minimum atomic E-state index is -2.46. The van der Waals surface area contributed by atoms with E-state index in [2.05, 4.69) is 15.3 Å². The summed E-state index contributed by atoms with van der Waals surface area (Å²) in [5, 5.41) is 2.74. The number of para-hydroxylation sites is 2. The molecule has 0 aliphatic rings. The van der Waals surface area contributed by atoms with Crippen molar-refractivity contribution in [3.8, 4) is 0 Å². The highest BCUT2D eigenvalue weighted by atomic mass is 35.5. The maximum Gasteiger partial charge on any atom is 0.267 e. The molecule has 0 saturated heterocycles. The molecule has 2 N–H and O–H groups in total. The highest BCUT2D eigenvalue weighted by molar-refractivity contribution is 7.81. The van der Waals surface area contributed by atoms with Gasteiger partial charge in [-0.3, -0.25) is 9.35 Å². The van der Waals surface area contributed by atoms with Crippen molar-refractivity contribution in [3.63, 3.8) is 0 Å². The van der Waals surface area contributed by atoms with E-state index in [1.807, 2.05) is 0 Å². The Kier molecular flexibility index (Phi) is 6.20. The molecule has 0 saturated carbocycles. The zero-order valence-electron chi connectivity index (χ0n) is 15.2. The Labute approximate surface area is 169 Å². The van der Waals surface area contributed by atoms with E-state index in [1.54, 1.807) is 67.5 Å². The third-order valence-electron chi connectivity index (χ3n) is 3.68. The first-order valence-corrected chi connectivity index (χ1v) is 9.67. The molecule has 0 radical (unpaired) electrons. The van der Waals surface area contributed by atoms with E-state index in [9.17, 15) is 13.6 Å². The molecule has 0 fully saturated rings. The Balaban J connectivity index is 2.00. The second kappa shape index (κ2) is 8.61. The lowest BCUT2D eigenvalue weighted by molar-refractivity contribution is -0.116. The van der Waals surface area contributed by atoms with Gasteiger partial charge in [0.05, 0.1) is 23.3 Å². The van der Waals surface area contributed by atoms with Crippen LogP contribution in [-0.4, -0.2) is 50.2 Å². The van der Waals surface area contributed by atoms with Crippen LogP contribution in [0.3, 0.4) is 0 Å². The van der Waals surface area contributed by atoms with Crippen LogP contribution in [0.15, 0.2) is 48.5 Å². The fourth-order valence-corrected chi connectivity index (χ4v) is 3.42. The molecule has 146 valence electrons. The van der Waals surface area contributed by atoms with Gasteiger partial charge in [-0.25, -0.2) is 18.5 Å². The number of hydrogen-bond acceptors (Lipinski definition) is 5. The molecule has 10 heteroatoms. The number of nitrogens with zero attached hydrogens (tertiary/aromatic N) is 4. The van der Waals surface area contributed by atoms with Gasteiger partial charge in [-0.2, -0.15) is 0 Å². The van der Waals surface area contributed by atoms with Gasteiger partial charge in [0.1, 0.15) is 0 Å². The smallest absolute Gasteiger partial charge is 0.267 e. The third kappa shape index (κ3) is 4.63. The van der Waals surface area contributed by atoms with Crippen molar-refractivity contribution in [3.05, 3.63) is 53.7 Å². The molecule has 3 rings (SSSR count). The van der Waals surface area contributed by atoms with Crippen molar-refractivity contribution >= 4 is 57.0 Å². The number of carbonyl (C=O) groups is 1. The number of halogens is 1. The van der Waals surface area contributed by atoms with Crippen LogP contribution in [0.4, 0.5) is 17.2 Å². The lowest BCUT2D eigenvalue weighted by Crippen LogP contribution is -2.27. The molecule has 0 aliphatic heterocycles. The van der Waals surface area contributed by atoms with E-state index in [1.165, 1.54) is 0 Å². The SMILES string of the molecule is CN(C)CC(=O)Nc1cccc(N(c2nc3ccccc3nc2Cl)S(=O)O)c1. The molecule has 1 amide bonds. The average Bonchev–Trinajstić information content (AvgIpc) is 2.61. The first-order chi connectivity index (χ1) is 13.3. The molecule has 8 nitrogen and oxygen atoms in total. The van der Waals surface area contributed by atoms with Gasteiger partial charge < -0.3 is 10.2 Å². The van der Waals surface area contributed by atoms with E-state index >= 15 is 0 Å². The number of hydrogen-bond donors (Lipinski definition) is 2. The maximum atomic E-state index is 12.1. The molecule has 0 bridgehead atoms. The lowest BCUT2D eigenvalue weighted by Gasteiger charge is -2.21. The van der Waals surface area contributed by atoms with Crippen LogP contribution >= 0.6 is 11.6 Å². The predicted octanol–water partition coefficient (Wildman–Crippen LogP) is 3.06. The Bertz CT molecular complexity index is 1050. The van der Waals surface area contributed by atoms with E-state index in [0.29, 0.717) is 22.4 Å². The van der Waals surface area contributed by atoms with E-state index < -0.39 is 11.3 Å². The number of benzene rings is 2. The number of carbonyl (C=O) groups excluding carboxylic acids is 1. The summed E-state index contributed by atoms with van der Waals surface area (Å²) >= 11 is 3.77. The molecule has 3 aromatic rings. The predicted molar refractivity (Wildman–Crippen MR) is 111 cm³/mol. The summed E-state index contributed by atoms with van der Waals surface area (Å²) in [6.45, 7) is 0.210. The van der Waals surface area contributed by atoms with E-state index in [0.717, 1.165) is 4.31 Å². The van der Waals surface area contributed by atoms with Gasteiger partial charge in [0.15, 0.2) is 11.0 Å². The van der Waals surface area contributed by atoms with Crippen LogP contribution in [0.5, 0.6) is 0 Å². The molecule has 0 aliphatic carbocycles. The summed E-state index contributed by atoms with van der Waals surface area (Å²) in [4.78, 5) is 22.4. The summed E-state index contributed by atoms with van der Waals surface area (Å²) < 4.78 is 23.0. The zero-order chi connectivity index (χ0) is 20.3. The standard InChI is InChI=1S/C18H18ClN5O3S/c1-23(2)11-16(25)20-12-6-5-7-13(10-12)24(28(26)27)18-17(19)21-14-8-3-4-9-15(14)22-18/h3-10H,11H2,1-2H3,(H,20,25)(H,26,27). The average molecular weight is 420 g/mol. The van der Waals surface area contributed by atoms with E-state index in [4.69, 9.17) is 11.6 Å². The minimum absolute atomic E-state index is 0.0110. The summed E-state index contributed by atoms with van der Waals surface area (Å²) in [5.74, 6) is -0.166. The minimum Gasteiger partial charge on any atom is -0.325 e. The highest BCUT2D eigenvalue weighted by Crippen LogP contribution is 2.32. The molecule has 28 heavy (non-hydrogen) atoms. The number of fused-ring (bicyclic) bond motifs is 1. The zero-order valence-corrected chi connectivity index (χ0v) is 16.7. The van der Waals surface area contributed by atoms with Crippen molar-refractivity contribution in [2.24, 2.45) is 0 Å². The second-order valence-electron chi connectivity index (χ2n) is 6.19. The number of nitrogens with one attached hydrogen (secondary N) is 1. The molecule has 1 unspecified atom stereocenters. The van der Waals surface area contributed by atoms with Crippen LogP contribution in [0.2, 0.25) is 5.15 Å². The highest BCUT2D eigenvalue weighted by Gasteiger charge is 2.22. The van der Waals surface area contributed by atoms with E-state index in [-0.39, 0.29) is 23.4 Å². The summed E-state index contributed by atoms with van der Waals surface area (Å²) in [6, 6.07) is 13.6. The third-order valence-corrected chi connectivity index (χ3v) is 4.63. The monoisotopic (exact) mass is 419 g/mol. The van der Waals surface area contributed by atoms with Crippen LogP contribution in [0.25, 0.3) is 11.0 Å². The number of likely N-dealkylation sites (N-methyl/N-ethyl adjacent to an activating group) is 1. The fourth-order valence-electron chi connectivity index (χ4n) is 2.58. The number of amides is 1. The van der Waals surface area contributed by atoms with Crippen molar-refractivity contribution in [1.29, 1.82) is 0 Å². The van der Waals surface area contributed by atoms with Gasteiger partial charge in [-0.05, 0) is 44.4 Å². The quantitative estimate of drug-likeness (QED) is 0.596. The molecule has 1 atom stereocenters. The Hall–Kier alpha value is -2.59. The Morgan fingerprint density at radius 3 is 2.46 bits per heavy atom. The summed E-state index contributed by atoms with van der Waals surface area (Å²) in [5.41, 5.74) is 1.91. The molecule has 1 heterocycles. The maximum absolute atomic E-state index is 12.1. The van der Waals surface area contributed by atoms with Crippen molar-refractivity contribution in [2.45, 2.75) is 0 Å². The van der Waals surface area contributed by atoms with Gasteiger partial charge in [0, 0.05) is 5.69 Å².